The molecule has 226 valence electrons. The van der Waals surface area contributed by atoms with Crippen LogP contribution in [0.5, 0.6) is 0 Å². The summed E-state index contributed by atoms with van der Waals surface area (Å²) in [6.07, 6.45) is 1.40. The molecule has 6 rings (SSSR count). The predicted octanol–water partition coefficient (Wildman–Crippen LogP) is 1.33. The number of aryl methyl sites for hydroxylation is 1. The van der Waals surface area contributed by atoms with Gasteiger partial charge in [-0.2, -0.15) is 13.2 Å². The molecule has 0 aliphatic carbocycles. The van der Waals surface area contributed by atoms with Crippen molar-refractivity contribution in [2.75, 3.05) is 31.1 Å². The highest BCUT2D eigenvalue weighted by Crippen LogP contribution is 2.37. The van der Waals surface area contributed by atoms with Gasteiger partial charge in [-0.05, 0) is 44.0 Å². The molecular weight excluding hydrogens is 571 g/mol. The molecule has 12 nitrogen and oxygen atoms in total. The van der Waals surface area contributed by atoms with Crippen LogP contribution in [-0.4, -0.2) is 74.3 Å². The van der Waals surface area contributed by atoms with Crippen LogP contribution in [-0.2, 0) is 21.4 Å². The number of rotatable bonds is 2. The van der Waals surface area contributed by atoms with Gasteiger partial charge in [0.25, 0.3) is 0 Å². The number of imide groups is 1. The zero-order valence-electron chi connectivity index (χ0n) is 23.1. The number of aromatic nitrogens is 4. The predicted molar refractivity (Wildman–Crippen MR) is 147 cm³/mol. The van der Waals surface area contributed by atoms with Gasteiger partial charge in [-0.25, -0.2) is 19.6 Å². The summed E-state index contributed by atoms with van der Waals surface area (Å²) in [5.41, 5.74) is 2.82. The molecule has 3 N–H and O–H groups in total. The van der Waals surface area contributed by atoms with Crippen molar-refractivity contribution < 1.29 is 32.7 Å². The number of halogens is 3. The SMILES string of the molecule is Cn1c(=O)n(C2CCC(=O)NC2=O)c2ccc(C#Cc3cnc(N4CC5(CCCNC5)C4)nc3)cc21.O=C(O)C(F)(F)F. The van der Waals surface area contributed by atoms with Crippen LogP contribution in [0.4, 0.5) is 19.1 Å². The van der Waals surface area contributed by atoms with E-state index in [2.05, 4.69) is 37.3 Å². The number of aliphatic carboxylic acids is 1. The lowest BCUT2D eigenvalue weighted by Crippen LogP contribution is -2.62. The third-order valence-corrected chi connectivity index (χ3v) is 7.74. The van der Waals surface area contributed by atoms with Gasteiger partial charge in [-0.1, -0.05) is 11.8 Å². The Hall–Kier alpha value is -4.71. The number of hydrogen-bond donors (Lipinski definition) is 3. The van der Waals surface area contributed by atoms with Gasteiger partial charge in [0.2, 0.25) is 17.8 Å². The molecule has 3 aliphatic rings. The van der Waals surface area contributed by atoms with E-state index in [0.717, 1.165) is 37.7 Å². The molecule has 2 aromatic heterocycles. The fourth-order valence-electron chi connectivity index (χ4n) is 5.57. The monoisotopic (exact) mass is 599 g/mol. The fraction of sp³-hybridized carbons (Fsp3) is 0.429. The molecule has 1 unspecified atom stereocenters. The molecule has 2 amide bonds. The number of hydrogen-bond acceptors (Lipinski definition) is 8. The van der Waals surface area contributed by atoms with Crippen molar-refractivity contribution in [2.24, 2.45) is 12.5 Å². The zero-order valence-corrected chi connectivity index (χ0v) is 23.1. The number of benzene rings is 1. The summed E-state index contributed by atoms with van der Waals surface area (Å²) in [6.45, 7) is 4.16. The molecule has 3 aliphatic heterocycles. The van der Waals surface area contributed by atoms with Crippen LogP contribution in [0.2, 0.25) is 0 Å². The highest BCUT2D eigenvalue weighted by Gasteiger charge is 2.44. The molecule has 43 heavy (non-hydrogen) atoms. The largest absolute Gasteiger partial charge is 0.490 e. The number of carbonyl (C=O) groups excluding carboxylic acids is 2. The van der Waals surface area contributed by atoms with Gasteiger partial charge in [0, 0.05) is 56.5 Å². The number of carboxylic acids is 1. The summed E-state index contributed by atoms with van der Waals surface area (Å²) < 4.78 is 34.7. The number of amides is 2. The number of imidazole rings is 1. The first-order valence-corrected chi connectivity index (χ1v) is 13.5. The molecule has 0 radical (unpaired) electrons. The lowest BCUT2D eigenvalue weighted by atomic mass is 9.74. The minimum Gasteiger partial charge on any atom is -0.475 e. The average molecular weight is 600 g/mol. The summed E-state index contributed by atoms with van der Waals surface area (Å²) in [5.74, 6) is 3.45. The first-order chi connectivity index (χ1) is 20.4. The van der Waals surface area contributed by atoms with E-state index >= 15 is 0 Å². The quantitative estimate of drug-likeness (QED) is 0.293. The molecule has 15 heteroatoms. The number of nitrogens with zero attached hydrogens (tertiary/aromatic N) is 5. The standard InChI is InChI=1S/C26H27N7O3.C2HF3O2/c1-31-21-11-17(5-6-19(21)33(25(31)36)20-7-8-22(34)30-23(20)35)3-4-18-12-28-24(29-13-18)32-15-26(16-32)9-2-10-27-14-26;3-2(4,5)1(6)7/h5-6,11-13,20,27H,2,7-10,14-16H2,1H3,(H,30,34,35);(H,6,7). The summed E-state index contributed by atoms with van der Waals surface area (Å²) in [4.78, 5) is 56.9. The Morgan fingerprint density at radius 1 is 1.09 bits per heavy atom. The Labute approximate surface area is 242 Å². The number of carboxylic acid groups (broad SMARTS) is 1. The third kappa shape index (κ3) is 6.24. The second-order valence-corrected chi connectivity index (χ2v) is 10.8. The molecule has 5 heterocycles. The molecule has 3 aromatic rings. The van der Waals surface area contributed by atoms with Crippen LogP contribution in [0.1, 0.15) is 42.9 Å². The van der Waals surface area contributed by atoms with E-state index in [-0.39, 0.29) is 18.0 Å². The van der Waals surface area contributed by atoms with Gasteiger partial charge in [-0.3, -0.25) is 24.0 Å². The normalized spacial score (nSPS) is 19.5. The first kappa shape index (κ1) is 29.8. The maximum atomic E-state index is 12.9. The molecular formula is C28H28F3N7O5. The van der Waals surface area contributed by atoms with Crippen molar-refractivity contribution in [3.63, 3.8) is 0 Å². The molecule has 1 atom stereocenters. The van der Waals surface area contributed by atoms with Gasteiger partial charge < -0.3 is 15.3 Å². The lowest BCUT2D eigenvalue weighted by Gasteiger charge is -2.52. The van der Waals surface area contributed by atoms with Gasteiger partial charge in [0.05, 0.1) is 16.6 Å². The van der Waals surface area contributed by atoms with E-state index in [9.17, 15) is 27.6 Å². The van der Waals surface area contributed by atoms with Crippen molar-refractivity contribution >= 4 is 34.8 Å². The fourth-order valence-corrected chi connectivity index (χ4v) is 5.57. The number of fused-ring (bicyclic) bond motifs is 1. The van der Waals surface area contributed by atoms with Crippen molar-refractivity contribution in [1.82, 2.24) is 29.7 Å². The van der Waals surface area contributed by atoms with Crippen LogP contribution >= 0.6 is 0 Å². The van der Waals surface area contributed by atoms with E-state index in [1.54, 1.807) is 25.5 Å². The Bertz CT molecular complexity index is 1690. The highest BCUT2D eigenvalue weighted by molar-refractivity contribution is 6.00. The van der Waals surface area contributed by atoms with Gasteiger partial charge in [0.15, 0.2) is 0 Å². The van der Waals surface area contributed by atoms with Crippen molar-refractivity contribution in [3.05, 3.63) is 52.2 Å². The molecule has 3 saturated heterocycles. The van der Waals surface area contributed by atoms with E-state index in [1.807, 2.05) is 12.1 Å². The number of anilines is 1. The second-order valence-electron chi connectivity index (χ2n) is 10.8. The number of nitrogens with one attached hydrogen (secondary N) is 2. The minimum atomic E-state index is -5.08. The zero-order chi connectivity index (χ0) is 30.9. The maximum absolute atomic E-state index is 12.9. The number of alkyl halides is 3. The smallest absolute Gasteiger partial charge is 0.475 e. The molecule has 0 bridgehead atoms. The van der Waals surface area contributed by atoms with Gasteiger partial charge in [-0.15, -0.1) is 0 Å². The summed E-state index contributed by atoms with van der Waals surface area (Å²) in [6, 6.07) is 4.75. The van der Waals surface area contributed by atoms with Crippen LogP contribution in [0.3, 0.4) is 0 Å². The van der Waals surface area contributed by atoms with Crippen molar-refractivity contribution in [1.29, 1.82) is 0 Å². The number of carbonyl (C=O) groups is 3. The van der Waals surface area contributed by atoms with E-state index < -0.39 is 24.1 Å². The second kappa shape index (κ2) is 11.5. The summed E-state index contributed by atoms with van der Waals surface area (Å²) >= 11 is 0. The van der Waals surface area contributed by atoms with Gasteiger partial charge >= 0.3 is 17.8 Å². The van der Waals surface area contributed by atoms with Crippen molar-refractivity contribution in [3.8, 4) is 11.8 Å². The van der Waals surface area contributed by atoms with Crippen LogP contribution in [0, 0.1) is 17.3 Å². The summed E-state index contributed by atoms with van der Waals surface area (Å²) in [7, 11) is 1.67. The molecule has 1 aromatic carbocycles. The van der Waals surface area contributed by atoms with Crippen LogP contribution < -0.4 is 21.2 Å². The van der Waals surface area contributed by atoms with Crippen LogP contribution in [0.25, 0.3) is 11.0 Å². The lowest BCUT2D eigenvalue weighted by molar-refractivity contribution is -0.192. The average Bonchev–Trinajstić information content (AvgIpc) is 3.20. The highest BCUT2D eigenvalue weighted by atomic mass is 19.4. The Morgan fingerprint density at radius 3 is 2.37 bits per heavy atom. The Kier molecular flexibility index (Phi) is 7.98. The number of piperidine rings is 2. The summed E-state index contributed by atoms with van der Waals surface area (Å²) in [5, 5.41) is 12.9. The Morgan fingerprint density at radius 2 is 1.77 bits per heavy atom. The topological polar surface area (TPSA) is 151 Å². The van der Waals surface area contributed by atoms with Crippen LogP contribution in [0.15, 0.2) is 35.4 Å². The minimum absolute atomic E-state index is 0.208. The van der Waals surface area contributed by atoms with E-state index in [1.165, 1.54) is 22.0 Å². The first-order valence-electron chi connectivity index (χ1n) is 13.5. The van der Waals surface area contributed by atoms with E-state index in [0.29, 0.717) is 28.4 Å². The van der Waals surface area contributed by atoms with E-state index in [4.69, 9.17) is 9.90 Å². The molecule has 1 spiro atoms. The molecule has 3 fully saturated rings. The third-order valence-electron chi connectivity index (χ3n) is 7.74. The molecule has 0 saturated carbocycles. The van der Waals surface area contributed by atoms with Gasteiger partial charge in [0.1, 0.15) is 6.04 Å². The Balaban J connectivity index is 0.000000472. The maximum Gasteiger partial charge on any atom is 0.490 e. The van der Waals surface area contributed by atoms with Crippen molar-refractivity contribution in [2.45, 2.75) is 37.9 Å².